The first kappa shape index (κ1) is 20.6. The number of carbonyl (C=O) groups is 1. The van der Waals surface area contributed by atoms with Gasteiger partial charge in [0, 0.05) is 18.9 Å². The average Bonchev–Trinajstić information content (AvgIpc) is 2.58. The number of piperidine rings is 1. The van der Waals surface area contributed by atoms with Crippen molar-refractivity contribution >= 4 is 40.8 Å². The van der Waals surface area contributed by atoms with E-state index in [0.29, 0.717) is 34.0 Å². The summed E-state index contributed by atoms with van der Waals surface area (Å²) >= 11 is 17.9. The van der Waals surface area contributed by atoms with Gasteiger partial charge in [0.2, 0.25) is 0 Å². The molecule has 8 heteroatoms. The van der Waals surface area contributed by atoms with E-state index >= 15 is 0 Å². The van der Waals surface area contributed by atoms with Crippen molar-refractivity contribution in [1.82, 2.24) is 0 Å². The van der Waals surface area contributed by atoms with Crippen LogP contribution in [0.3, 0.4) is 0 Å². The van der Waals surface area contributed by atoms with E-state index in [9.17, 15) is 9.90 Å². The van der Waals surface area contributed by atoms with Gasteiger partial charge in [0.15, 0.2) is 0 Å². The van der Waals surface area contributed by atoms with Crippen LogP contribution in [0.4, 0.5) is 0 Å². The van der Waals surface area contributed by atoms with Crippen LogP contribution in [0, 0.1) is 5.92 Å². The number of aliphatic hydroxyl groups excluding tert-OH is 1. The van der Waals surface area contributed by atoms with Gasteiger partial charge in [-0.15, -0.1) is 0 Å². The number of hydrogen-bond acceptors (Lipinski definition) is 4. The summed E-state index contributed by atoms with van der Waals surface area (Å²) in [4.78, 5) is 13.0. The summed E-state index contributed by atoms with van der Waals surface area (Å²) in [6, 6.07) is 3.05. The van der Waals surface area contributed by atoms with Crippen LogP contribution in [0.25, 0.3) is 0 Å². The average molecular weight is 412 g/mol. The Morgan fingerprint density at radius 2 is 1.88 bits per heavy atom. The van der Waals surface area contributed by atoms with Crippen LogP contribution in [0.1, 0.15) is 19.8 Å². The summed E-state index contributed by atoms with van der Waals surface area (Å²) in [5, 5.41) is 11.3. The summed E-state index contributed by atoms with van der Waals surface area (Å²) in [5.41, 5.74) is 0. The molecule has 0 saturated carbocycles. The largest absolute Gasteiger partial charge is 0.489 e. The lowest BCUT2D eigenvalue weighted by molar-refractivity contribution is -0.908. The summed E-state index contributed by atoms with van der Waals surface area (Å²) in [7, 11) is 0. The topological polar surface area (TPSA) is 60.2 Å². The fraction of sp³-hybridized carbons (Fsp3) is 0.588. The van der Waals surface area contributed by atoms with Crippen LogP contribution in [-0.4, -0.2) is 50.0 Å². The third-order valence-corrected chi connectivity index (χ3v) is 5.26. The molecule has 25 heavy (non-hydrogen) atoms. The highest BCUT2D eigenvalue weighted by Gasteiger charge is 2.29. The SMILES string of the molecule is CCOC(=O)C1CC[NH+](C[C@@H](O)COc2cc(Cl)c(Cl)cc2Cl)CC1. The van der Waals surface area contributed by atoms with Gasteiger partial charge < -0.3 is 19.5 Å². The molecule has 1 fully saturated rings. The Hall–Kier alpha value is -0.720. The monoisotopic (exact) mass is 410 g/mol. The van der Waals surface area contributed by atoms with Gasteiger partial charge in [0.05, 0.1) is 40.7 Å². The molecular formula is C17H23Cl3NO4+. The van der Waals surface area contributed by atoms with E-state index in [4.69, 9.17) is 44.3 Å². The number of quaternary nitrogens is 1. The Labute approximate surface area is 162 Å². The van der Waals surface area contributed by atoms with Crippen molar-refractivity contribution in [3.05, 3.63) is 27.2 Å². The number of hydrogen-bond donors (Lipinski definition) is 2. The minimum Gasteiger partial charge on any atom is -0.489 e. The molecule has 0 aromatic heterocycles. The normalized spacial score (nSPS) is 21.6. The van der Waals surface area contributed by atoms with Gasteiger partial charge in [0.1, 0.15) is 25.0 Å². The van der Waals surface area contributed by atoms with E-state index in [2.05, 4.69) is 0 Å². The van der Waals surface area contributed by atoms with Crippen molar-refractivity contribution in [1.29, 1.82) is 0 Å². The summed E-state index contributed by atoms with van der Waals surface area (Å²) in [6.07, 6.45) is 0.917. The van der Waals surface area contributed by atoms with Crippen LogP contribution in [-0.2, 0) is 9.53 Å². The molecule has 0 unspecified atom stereocenters. The van der Waals surface area contributed by atoms with Crippen molar-refractivity contribution in [2.75, 3.05) is 32.8 Å². The number of halogens is 3. The molecule has 0 radical (unpaired) electrons. The first-order chi connectivity index (χ1) is 11.9. The lowest BCUT2D eigenvalue weighted by atomic mass is 9.97. The minimum atomic E-state index is -0.639. The van der Waals surface area contributed by atoms with Gasteiger partial charge in [-0.3, -0.25) is 4.79 Å². The van der Waals surface area contributed by atoms with Crippen LogP contribution in [0.15, 0.2) is 12.1 Å². The van der Waals surface area contributed by atoms with Crippen LogP contribution >= 0.6 is 34.8 Å². The molecule has 2 N–H and O–H groups in total. The molecule has 0 spiro atoms. The van der Waals surface area contributed by atoms with Crippen molar-refractivity contribution in [2.24, 2.45) is 5.92 Å². The van der Waals surface area contributed by atoms with Gasteiger partial charge in [-0.2, -0.15) is 0 Å². The maximum absolute atomic E-state index is 11.7. The molecule has 1 heterocycles. The Morgan fingerprint density at radius 3 is 2.52 bits per heavy atom. The first-order valence-corrected chi connectivity index (χ1v) is 9.49. The molecule has 1 aliphatic heterocycles. The van der Waals surface area contributed by atoms with Gasteiger partial charge in [-0.05, 0) is 13.0 Å². The highest BCUT2D eigenvalue weighted by atomic mass is 35.5. The lowest BCUT2D eigenvalue weighted by Gasteiger charge is -2.29. The fourth-order valence-corrected chi connectivity index (χ4v) is 3.51. The second-order valence-corrected chi connectivity index (χ2v) is 7.36. The molecule has 1 saturated heterocycles. The molecule has 1 aliphatic rings. The molecule has 1 aromatic carbocycles. The standard InChI is InChI=1S/C17H22Cl3NO4/c1-2-24-17(23)11-3-5-21(6-4-11)9-12(22)10-25-16-8-14(19)13(18)7-15(16)20/h7-8,11-12,22H,2-6,9-10H2,1H3/p+1/t12-/m1/s1. The predicted molar refractivity (Wildman–Crippen MR) is 97.9 cm³/mol. The van der Waals surface area contributed by atoms with E-state index < -0.39 is 6.10 Å². The highest BCUT2D eigenvalue weighted by molar-refractivity contribution is 6.43. The number of likely N-dealkylation sites (tertiary alicyclic amines) is 1. The number of aliphatic hydroxyl groups is 1. The molecule has 0 aliphatic carbocycles. The van der Waals surface area contributed by atoms with Crippen molar-refractivity contribution < 1.29 is 24.3 Å². The van der Waals surface area contributed by atoms with Crippen LogP contribution in [0.2, 0.25) is 15.1 Å². The van der Waals surface area contributed by atoms with E-state index in [1.807, 2.05) is 6.92 Å². The number of rotatable bonds is 7. The zero-order valence-corrected chi connectivity index (χ0v) is 16.3. The predicted octanol–water partition coefficient (Wildman–Crippen LogP) is 2.24. The van der Waals surface area contributed by atoms with Gasteiger partial charge >= 0.3 is 5.97 Å². The second-order valence-electron chi connectivity index (χ2n) is 6.14. The third-order valence-electron chi connectivity index (χ3n) is 4.24. The van der Waals surface area contributed by atoms with Crippen molar-refractivity contribution in [3.63, 3.8) is 0 Å². The maximum atomic E-state index is 11.7. The number of nitrogens with one attached hydrogen (secondary N) is 1. The number of carbonyl (C=O) groups excluding carboxylic acids is 1. The fourth-order valence-electron chi connectivity index (χ4n) is 2.92. The van der Waals surface area contributed by atoms with Gasteiger partial charge in [-0.25, -0.2) is 0 Å². The molecule has 1 aromatic rings. The quantitative estimate of drug-likeness (QED) is 0.534. The molecule has 2 rings (SSSR count). The number of benzene rings is 1. The highest BCUT2D eigenvalue weighted by Crippen LogP contribution is 2.33. The van der Waals surface area contributed by atoms with Crippen LogP contribution < -0.4 is 9.64 Å². The van der Waals surface area contributed by atoms with E-state index in [-0.39, 0.29) is 18.5 Å². The smallest absolute Gasteiger partial charge is 0.309 e. The maximum Gasteiger partial charge on any atom is 0.309 e. The molecule has 1 atom stereocenters. The molecule has 0 amide bonds. The zero-order valence-electron chi connectivity index (χ0n) is 14.1. The summed E-state index contributed by atoms with van der Waals surface area (Å²) < 4.78 is 10.6. The van der Waals surface area contributed by atoms with Crippen molar-refractivity contribution in [3.8, 4) is 5.75 Å². The Balaban J connectivity index is 1.75. The Kier molecular flexibility index (Phi) is 8.10. The first-order valence-electron chi connectivity index (χ1n) is 8.36. The molecule has 5 nitrogen and oxygen atoms in total. The lowest BCUT2D eigenvalue weighted by Crippen LogP contribution is -3.14. The van der Waals surface area contributed by atoms with E-state index in [1.165, 1.54) is 17.0 Å². The van der Waals surface area contributed by atoms with E-state index in [1.54, 1.807) is 0 Å². The Bertz CT molecular complexity index is 592. The number of ether oxygens (including phenoxy) is 2. The molecular weight excluding hydrogens is 389 g/mol. The molecule has 0 bridgehead atoms. The minimum absolute atomic E-state index is 0.0212. The van der Waals surface area contributed by atoms with Crippen molar-refractivity contribution in [2.45, 2.75) is 25.9 Å². The Morgan fingerprint density at radius 1 is 1.24 bits per heavy atom. The molecule has 140 valence electrons. The third kappa shape index (κ3) is 6.19. The second kappa shape index (κ2) is 9.83. The zero-order chi connectivity index (χ0) is 18.4. The van der Waals surface area contributed by atoms with Crippen LogP contribution in [0.5, 0.6) is 5.75 Å². The van der Waals surface area contributed by atoms with E-state index in [0.717, 1.165) is 25.9 Å². The van der Waals surface area contributed by atoms with Gasteiger partial charge in [0.25, 0.3) is 0 Å². The number of esters is 1. The summed E-state index contributed by atoms with van der Waals surface area (Å²) in [6.45, 7) is 4.55. The summed E-state index contributed by atoms with van der Waals surface area (Å²) in [5.74, 6) is 0.262. The van der Waals surface area contributed by atoms with Gasteiger partial charge in [-0.1, -0.05) is 34.8 Å².